The predicted octanol–water partition coefficient (Wildman–Crippen LogP) is 3.26. The van der Waals surface area contributed by atoms with Gasteiger partial charge in [0.15, 0.2) is 0 Å². The molecule has 4 heteroatoms. The second-order valence-electron chi connectivity index (χ2n) is 7.54. The number of likely N-dealkylation sites (tertiary alicyclic amines) is 1. The Balaban J connectivity index is 2.11. The van der Waals surface area contributed by atoms with E-state index in [0.29, 0.717) is 12.2 Å². The molecule has 1 N–H and O–H groups in total. The molecule has 0 saturated carbocycles. The maximum Gasteiger partial charge on any atom is 0.150 e. The number of fused-ring (bicyclic) bond motifs is 3. The van der Waals surface area contributed by atoms with Gasteiger partial charge in [-0.3, -0.25) is 14.7 Å². The van der Waals surface area contributed by atoms with E-state index in [0.717, 1.165) is 17.9 Å². The van der Waals surface area contributed by atoms with Crippen molar-refractivity contribution in [2.45, 2.75) is 59.2 Å². The molecule has 0 aliphatic carbocycles. The lowest BCUT2D eigenvalue weighted by Gasteiger charge is -2.36. The average Bonchev–Trinajstić information content (AvgIpc) is 2.99. The Hall–Kier alpha value is -1.42. The molecule has 1 aromatic heterocycles. The zero-order chi connectivity index (χ0) is 16.1. The molecule has 0 bridgehead atoms. The normalized spacial score (nSPS) is 30.8. The van der Waals surface area contributed by atoms with Crippen molar-refractivity contribution in [1.29, 1.82) is 0 Å². The quantitative estimate of drug-likeness (QED) is 0.931. The van der Waals surface area contributed by atoms with Gasteiger partial charge in [0.25, 0.3) is 0 Å². The van der Waals surface area contributed by atoms with Gasteiger partial charge in [0.05, 0.1) is 23.6 Å². The van der Waals surface area contributed by atoms with Crippen molar-refractivity contribution in [3.05, 3.63) is 24.0 Å². The highest BCUT2D eigenvalue weighted by molar-refractivity contribution is 5.85. The lowest BCUT2D eigenvalue weighted by molar-refractivity contribution is -0.125. The summed E-state index contributed by atoms with van der Waals surface area (Å²) in [4.78, 5) is 19.7. The first-order valence-electron chi connectivity index (χ1n) is 8.40. The Morgan fingerprint density at radius 3 is 2.68 bits per heavy atom. The Bertz CT molecular complexity index is 578. The molecule has 4 unspecified atom stereocenters. The number of likely N-dealkylation sites (N-methyl/N-ethyl adjacent to an activating group) is 1. The summed E-state index contributed by atoms with van der Waals surface area (Å²) in [5.41, 5.74) is 2.33. The Morgan fingerprint density at radius 2 is 2.09 bits per heavy atom. The fraction of sp³-hybridized carbons (Fsp3) is 0.667. The van der Waals surface area contributed by atoms with Crippen LogP contribution in [0.4, 0.5) is 5.69 Å². The number of ketones is 1. The number of nitrogens with one attached hydrogen (secondary N) is 1. The van der Waals surface area contributed by atoms with Gasteiger partial charge in [-0.2, -0.15) is 0 Å². The van der Waals surface area contributed by atoms with Crippen LogP contribution in [0.25, 0.3) is 0 Å². The Kier molecular flexibility index (Phi) is 3.76. The first kappa shape index (κ1) is 15.5. The van der Waals surface area contributed by atoms with Crippen LogP contribution < -0.4 is 5.32 Å². The second-order valence-corrected chi connectivity index (χ2v) is 7.54. The lowest BCUT2D eigenvalue weighted by atomic mass is 9.69. The van der Waals surface area contributed by atoms with Crippen LogP contribution in [0, 0.1) is 11.3 Å². The minimum absolute atomic E-state index is 0.00680. The Labute approximate surface area is 133 Å². The van der Waals surface area contributed by atoms with Crippen molar-refractivity contribution in [3.8, 4) is 0 Å². The number of aromatic nitrogens is 1. The fourth-order valence-corrected chi connectivity index (χ4v) is 4.44. The summed E-state index contributed by atoms with van der Waals surface area (Å²) in [5.74, 6) is 0.931. The second kappa shape index (κ2) is 5.34. The highest BCUT2D eigenvalue weighted by Crippen LogP contribution is 2.54. The Morgan fingerprint density at radius 1 is 1.36 bits per heavy atom. The third-order valence-corrected chi connectivity index (χ3v) is 5.28. The highest BCUT2D eigenvalue weighted by atomic mass is 16.1. The van der Waals surface area contributed by atoms with Crippen molar-refractivity contribution >= 4 is 11.5 Å². The van der Waals surface area contributed by atoms with Gasteiger partial charge in [0.1, 0.15) is 5.78 Å². The number of pyridine rings is 1. The van der Waals surface area contributed by atoms with E-state index < -0.39 is 0 Å². The molecule has 1 aromatic rings. The standard InChI is InChI=1S/C18H27N3O/c1-6-12(22)16-14(18(3,4)5)13-15-11(9-8-10-19-15)20-17(13)21(16)7-2/h8-10,13-14,16-17,20H,6-7H2,1-5H3. The summed E-state index contributed by atoms with van der Waals surface area (Å²) in [6.07, 6.45) is 2.66. The van der Waals surface area contributed by atoms with Gasteiger partial charge < -0.3 is 5.32 Å². The molecule has 4 atom stereocenters. The van der Waals surface area contributed by atoms with Gasteiger partial charge in [-0.15, -0.1) is 0 Å². The maximum absolute atomic E-state index is 12.7. The van der Waals surface area contributed by atoms with Crippen LogP contribution in [0.2, 0.25) is 0 Å². The number of nitrogens with zero attached hydrogens (tertiary/aromatic N) is 2. The van der Waals surface area contributed by atoms with Gasteiger partial charge in [0.2, 0.25) is 0 Å². The summed E-state index contributed by atoms with van der Waals surface area (Å²) in [5, 5.41) is 3.62. The molecule has 120 valence electrons. The van der Waals surface area contributed by atoms with E-state index in [1.165, 1.54) is 0 Å². The molecule has 3 heterocycles. The number of hydrogen-bond acceptors (Lipinski definition) is 4. The minimum atomic E-state index is -0.00680. The first-order chi connectivity index (χ1) is 10.4. The summed E-state index contributed by atoms with van der Waals surface area (Å²) in [6.45, 7) is 11.8. The van der Waals surface area contributed by atoms with Crippen molar-refractivity contribution in [2.24, 2.45) is 11.3 Å². The third-order valence-electron chi connectivity index (χ3n) is 5.28. The van der Waals surface area contributed by atoms with Crippen LogP contribution in [0.15, 0.2) is 18.3 Å². The van der Waals surface area contributed by atoms with Gasteiger partial charge in [-0.05, 0) is 30.0 Å². The number of rotatable bonds is 3. The van der Waals surface area contributed by atoms with Gasteiger partial charge in [-0.25, -0.2) is 0 Å². The largest absolute Gasteiger partial charge is 0.367 e. The van der Waals surface area contributed by atoms with Crippen LogP contribution >= 0.6 is 0 Å². The van der Waals surface area contributed by atoms with Gasteiger partial charge in [0, 0.05) is 18.5 Å². The molecule has 0 amide bonds. The molecule has 0 spiro atoms. The summed E-state index contributed by atoms with van der Waals surface area (Å²) in [6, 6.07) is 4.07. The molecule has 4 nitrogen and oxygen atoms in total. The van der Waals surface area contributed by atoms with E-state index >= 15 is 0 Å². The van der Waals surface area contributed by atoms with E-state index in [9.17, 15) is 4.79 Å². The van der Waals surface area contributed by atoms with Gasteiger partial charge >= 0.3 is 0 Å². The third kappa shape index (κ3) is 2.16. The molecule has 2 aliphatic heterocycles. The fourth-order valence-electron chi connectivity index (χ4n) is 4.44. The van der Waals surface area contributed by atoms with E-state index in [4.69, 9.17) is 0 Å². The highest BCUT2D eigenvalue weighted by Gasteiger charge is 2.58. The minimum Gasteiger partial charge on any atom is -0.367 e. The summed E-state index contributed by atoms with van der Waals surface area (Å²) in [7, 11) is 0. The molecule has 22 heavy (non-hydrogen) atoms. The molecule has 2 aliphatic rings. The molecular weight excluding hydrogens is 274 g/mol. The number of carbonyl (C=O) groups is 1. The number of carbonyl (C=O) groups excluding carboxylic acids is 1. The first-order valence-corrected chi connectivity index (χ1v) is 8.40. The van der Waals surface area contributed by atoms with E-state index in [1.54, 1.807) is 0 Å². The molecular formula is C18H27N3O. The predicted molar refractivity (Wildman–Crippen MR) is 88.8 cm³/mol. The monoisotopic (exact) mass is 301 g/mol. The van der Waals surface area contributed by atoms with Crippen LogP contribution in [-0.4, -0.2) is 34.4 Å². The smallest absolute Gasteiger partial charge is 0.150 e. The molecule has 0 aromatic carbocycles. The summed E-state index contributed by atoms with van der Waals surface area (Å²) >= 11 is 0. The van der Waals surface area contributed by atoms with Crippen LogP contribution in [0.3, 0.4) is 0 Å². The number of hydrogen-bond donors (Lipinski definition) is 1. The number of Topliss-reactive ketones (excluding diaryl/α,β-unsaturated/α-hetero) is 1. The van der Waals surface area contributed by atoms with Crippen LogP contribution in [-0.2, 0) is 4.79 Å². The van der Waals surface area contributed by atoms with Crippen molar-refractivity contribution in [1.82, 2.24) is 9.88 Å². The van der Waals surface area contributed by atoms with Crippen molar-refractivity contribution < 1.29 is 4.79 Å². The zero-order valence-electron chi connectivity index (χ0n) is 14.3. The van der Waals surface area contributed by atoms with E-state index in [2.05, 4.69) is 49.0 Å². The molecule has 3 rings (SSSR count). The molecule has 1 saturated heterocycles. The van der Waals surface area contributed by atoms with Crippen LogP contribution in [0.1, 0.15) is 52.7 Å². The van der Waals surface area contributed by atoms with E-state index in [-0.39, 0.29) is 29.5 Å². The average molecular weight is 301 g/mol. The zero-order valence-corrected chi connectivity index (χ0v) is 14.3. The topological polar surface area (TPSA) is 45.2 Å². The number of anilines is 1. The SMILES string of the molecule is CCC(=O)C1C(C(C)(C)C)C2c3ncccc3NC2N1CC. The van der Waals surface area contributed by atoms with Crippen LogP contribution in [0.5, 0.6) is 0 Å². The van der Waals surface area contributed by atoms with Crippen molar-refractivity contribution in [2.75, 3.05) is 11.9 Å². The lowest BCUT2D eigenvalue weighted by Crippen LogP contribution is -2.46. The summed E-state index contributed by atoms with van der Waals surface area (Å²) < 4.78 is 0. The van der Waals surface area contributed by atoms with E-state index in [1.807, 2.05) is 19.2 Å². The van der Waals surface area contributed by atoms with Crippen molar-refractivity contribution in [3.63, 3.8) is 0 Å². The molecule has 0 radical (unpaired) electrons. The van der Waals surface area contributed by atoms with Gasteiger partial charge in [-0.1, -0.05) is 34.6 Å². The molecule has 1 fully saturated rings. The maximum atomic E-state index is 12.7.